The summed E-state index contributed by atoms with van der Waals surface area (Å²) < 4.78 is 45.8. The number of ether oxygens (including phenoxy) is 1. The van der Waals surface area contributed by atoms with Crippen molar-refractivity contribution in [2.45, 2.75) is 36.8 Å². The molecule has 2 heterocycles. The van der Waals surface area contributed by atoms with Crippen LogP contribution in [-0.4, -0.2) is 33.9 Å². The highest BCUT2D eigenvalue weighted by Gasteiger charge is 2.30. The molecule has 1 N–H and O–H groups in total. The van der Waals surface area contributed by atoms with E-state index < -0.39 is 17.6 Å². The average Bonchev–Trinajstić information content (AvgIpc) is 3.27. The maximum Gasteiger partial charge on any atom is 0.416 e. The Morgan fingerprint density at radius 3 is 2.78 bits per heavy atom. The molecular formula is C22H20F3N3O3S. The lowest BCUT2D eigenvalue weighted by Crippen LogP contribution is -2.29. The third-order valence-electron chi connectivity index (χ3n) is 5.04. The van der Waals surface area contributed by atoms with Crippen molar-refractivity contribution in [2.24, 2.45) is 0 Å². The lowest BCUT2D eigenvalue weighted by Gasteiger charge is -2.16. The number of anilines is 1. The summed E-state index contributed by atoms with van der Waals surface area (Å²) in [7, 11) is 0. The summed E-state index contributed by atoms with van der Waals surface area (Å²) in [4.78, 5) is 30.0. The van der Waals surface area contributed by atoms with E-state index >= 15 is 0 Å². The minimum atomic E-state index is -4.50. The first-order valence-electron chi connectivity index (χ1n) is 10.0. The normalized spacial score (nSPS) is 16.4. The fourth-order valence-corrected chi connectivity index (χ4v) is 4.32. The van der Waals surface area contributed by atoms with E-state index in [9.17, 15) is 22.8 Å². The van der Waals surface area contributed by atoms with Gasteiger partial charge >= 0.3 is 6.18 Å². The second-order valence-electron chi connectivity index (χ2n) is 7.38. The van der Waals surface area contributed by atoms with Crippen LogP contribution in [0.2, 0.25) is 0 Å². The number of amides is 1. The van der Waals surface area contributed by atoms with Gasteiger partial charge in [0.05, 0.1) is 34.9 Å². The second-order valence-corrected chi connectivity index (χ2v) is 8.32. The van der Waals surface area contributed by atoms with Crippen molar-refractivity contribution in [1.29, 1.82) is 0 Å². The molecule has 0 saturated carbocycles. The van der Waals surface area contributed by atoms with E-state index in [0.29, 0.717) is 29.2 Å². The van der Waals surface area contributed by atoms with Gasteiger partial charge < -0.3 is 10.1 Å². The first kappa shape index (κ1) is 22.3. The van der Waals surface area contributed by atoms with Crippen molar-refractivity contribution in [1.82, 2.24) is 9.55 Å². The van der Waals surface area contributed by atoms with Gasteiger partial charge in [0.25, 0.3) is 5.56 Å². The molecule has 2 aromatic carbocycles. The first-order valence-corrected chi connectivity index (χ1v) is 11.0. The summed E-state index contributed by atoms with van der Waals surface area (Å²) in [6.07, 6.45) is -2.85. The number of aromatic nitrogens is 2. The van der Waals surface area contributed by atoms with E-state index in [1.54, 1.807) is 24.3 Å². The molecule has 1 aromatic heterocycles. The highest BCUT2D eigenvalue weighted by atomic mass is 32.2. The number of hydrogen-bond donors (Lipinski definition) is 1. The number of thioether (sulfide) groups is 1. The molecule has 1 fully saturated rings. The summed E-state index contributed by atoms with van der Waals surface area (Å²) in [5.74, 6) is -0.618. The second kappa shape index (κ2) is 9.33. The van der Waals surface area contributed by atoms with Gasteiger partial charge in [0, 0.05) is 12.3 Å². The number of carbonyl (C=O) groups excluding carboxylic acids is 1. The summed E-state index contributed by atoms with van der Waals surface area (Å²) in [5, 5.41) is 3.31. The van der Waals surface area contributed by atoms with Gasteiger partial charge in [-0.1, -0.05) is 30.0 Å². The Bertz CT molecular complexity index is 1190. The number of fused-ring (bicyclic) bond motifs is 1. The van der Waals surface area contributed by atoms with Gasteiger partial charge in [-0.25, -0.2) is 4.98 Å². The zero-order chi connectivity index (χ0) is 22.7. The molecule has 0 aliphatic carbocycles. The van der Waals surface area contributed by atoms with E-state index in [4.69, 9.17) is 4.74 Å². The van der Waals surface area contributed by atoms with E-state index in [0.717, 1.165) is 36.7 Å². The SMILES string of the molecule is O=C(CSc1nc2ccccc2c(=O)n1C[C@@H]1CCCO1)Nc1cccc(C(F)(F)F)c1. The monoisotopic (exact) mass is 463 g/mol. The lowest BCUT2D eigenvalue weighted by molar-refractivity contribution is -0.137. The van der Waals surface area contributed by atoms with Crippen molar-refractivity contribution in [2.75, 3.05) is 17.7 Å². The van der Waals surface area contributed by atoms with Crippen LogP contribution in [-0.2, 0) is 22.3 Å². The van der Waals surface area contributed by atoms with Gasteiger partial charge in [0.1, 0.15) is 0 Å². The van der Waals surface area contributed by atoms with Crippen molar-refractivity contribution in [3.05, 3.63) is 64.4 Å². The van der Waals surface area contributed by atoms with Crippen LogP contribution in [0.3, 0.4) is 0 Å². The van der Waals surface area contributed by atoms with Crippen molar-refractivity contribution >= 4 is 34.3 Å². The van der Waals surface area contributed by atoms with Crippen LogP contribution in [0.15, 0.2) is 58.5 Å². The number of nitrogens with one attached hydrogen (secondary N) is 1. The van der Waals surface area contributed by atoms with Crippen LogP contribution < -0.4 is 10.9 Å². The highest BCUT2D eigenvalue weighted by molar-refractivity contribution is 7.99. The van der Waals surface area contributed by atoms with Crippen molar-refractivity contribution in [3.63, 3.8) is 0 Å². The third kappa shape index (κ3) is 5.13. The highest BCUT2D eigenvalue weighted by Crippen LogP contribution is 2.30. The Labute approximate surface area is 185 Å². The Hall–Kier alpha value is -2.85. The Morgan fingerprint density at radius 1 is 1.22 bits per heavy atom. The predicted molar refractivity (Wildman–Crippen MR) is 116 cm³/mol. The maximum absolute atomic E-state index is 13.1. The summed E-state index contributed by atoms with van der Waals surface area (Å²) in [6.45, 7) is 0.969. The van der Waals surface area contributed by atoms with Gasteiger partial charge in [0.15, 0.2) is 5.16 Å². The summed E-state index contributed by atoms with van der Waals surface area (Å²) >= 11 is 1.06. The van der Waals surface area contributed by atoms with Gasteiger partial charge in [-0.05, 0) is 43.2 Å². The molecule has 1 aliphatic heterocycles. The summed E-state index contributed by atoms with van der Waals surface area (Å²) in [5.41, 5.74) is -0.494. The van der Waals surface area contributed by atoms with E-state index in [1.807, 2.05) is 0 Å². The molecular weight excluding hydrogens is 443 g/mol. The van der Waals surface area contributed by atoms with Gasteiger partial charge in [0.2, 0.25) is 5.91 Å². The molecule has 1 aliphatic rings. The van der Waals surface area contributed by atoms with Crippen molar-refractivity contribution in [3.8, 4) is 0 Å². The van der Waals surface area contributed by atoms with Crippen LogP contribution in [0.25, 0.3) is 10.9 Å². The molecule has 0 radical (unpaired) electrons. The molecule has 0 bridgehead atoms. The molecule has 3 aromatic rings. The fourth-order valence-electron chi connectivity index (χ4n) is 3.51. The minimum absolute atomic E-state index is 0.0497. The number of halogens is 3. The van der Waals surface area contributed by atoms with Crippen LogP contribution in [0.1, 0.15) is 18.4 Å². The maximum atomic E-state index is 13.1. The van der Waals surface area contributed by atoms with Gasteiger partial charge in [-0.2, -0.15) is 13.2 Å². The number of hydrogen-bond acceptors (Lipinski definition) is 5. The van der Waals surface area contributed by atoms with Gasteiger partial charge in [-0.15, -0.1) is 0 Å². The van der Waals surface area contributed by atoms with Crippen LogP contribution >= 0.6 is 11.8 Å². The molecule has 0 spiro atoms. The van der Waals surface area contributed by atoms with Crippen LogP contribution in [0.5, 0.6) is 0 Å². The Kier molecular flexibility index (Phi) is 6.52. The number of nitrogens with zero attached hydrogens (tertiary/aromatic N) is 2. The van der Waals surface area contributed by atoms with E-state index in [2.05, 4.69) is 10.3 Å². The zero-order valence-corrected chi connectivity index (χ0v) is 17.7. The molecule has 6 nitrogen and oxygen atoms in total. The topological polar surface area (TPSA) is 73.2 Å². The Balaban J connectivity index is 1.53. The lowest BCUT2D eigenvalue weighted by atomic mass is 10.2. The third-order valence-corrected chi connectivity index (χ3v) is 6.02. The van der Waals surface area contributed by atoms with Crippen molar-refractivity contribution < 1.29 is 22.7 Å². The molecule has 1 saturated heterocycles. The molecule has 10 heteroatoms. The minimum Gasteiger partial charge on any atom is -0.376 e. The quantitative estimate of drug-likeness (QED) is 0.435. The zero-order valence-electron chi connectivity index (χ0n) is 16.9. The summed E-state index contributed by atoms with van der Waals surface area (Å²) in [6, 6.07) is 11.4. The standard InChI is InChI=1S/C22H20F3N3O3S/c23-22(24,25)14-5-3-6-15(11-14)26-19(29)13-32-21-27-18-9-2-1-8-17(18)20(30)28(21)12-16-7-4-10-31-16/h1-3,5-6,8-9,11,16H,4,7,10,12-13H2,(H,26,29)/t16-/m0/s1. The van der Waals surface area contributed by atoms with E-state index in [-0.39, 0.29) is 23.1 Å². The number of para-hydroxylation sites is 1. The number of alkyl halides is 3. The predicted octanol–water partition coefficient (Wildman–Crippen LogP) is 4.33. The molecule has 168 valence electrons. The largest absolute Gasteiger partial charge is 0.416 e. The first-order chi connectivity index (χ1) is 15.3. The number of carbonyl (C=O) groups is 1. The molecule has 1 atom stereocenters. The fraction of sp³-hybridized carbons (Fsp3) is 0.318. The van der Waals surface area contributed by atoms with Crippen LogP contribution in [0.4, 0.5) is 18.9 Å². The molecule has 0 unspecified atom stereocenters. The Morgan fingerprint density at radius 2 is 2.03 bits per heavy atom. The smallest absolute Gasteiger partial charge is 0.376 e. The van der Waals surface area contributed by atoms with Gasteiger partial charge in [-0.3, -0.25) is 14.2 Å². The average molecular weight is 463 g/mol. The number of rotatable bonds is 6. The van der Waals surface area contributed by atoms with Crippen LogP contribution in [0, 0.1) is 0 Å². The molecule has 4 rings (SSSR count). The molecule has 1 amide bonds. The van der Waals surface area contributed by atoms with E-state index in [1.165, 1.54) is 16.7 Å². The number of benzene rings is 2. The molecule has 32 heavy (non-hydrogen) atoms.